The highest BCUT2D eigenvalue weighted by Gasteiger charge is 2.41. The van der Waals surface area contributed by atoms with Crippen LogP contribution in [0.2, 0.25) is 0 Å². The van der Waals surface area contributed by atoms with Crippen molar-refractivity contribution in [2.45, 2.75) is 31.6 Å². The summed E-state index contributed by atoms with van der Waals surface area (Å²) in [7, 11) is 1.57. The molecule has 158 valence electrons. The van der Waals surface area contributed by atoms with Crippen molar-refractivity contribution in [3.63, 3.8) is 0 Å². The van der Waals surface area contributed by atoms with E-state index in [1.54, 1.807) is 13.2 Å². The number of carbonyl (C=O) groups excluding carboxylic acids is 1. The third-order valence-corrected chi connectivity index (χ3v) is 5.75. The average molecular weight is 416 g/mol. The molecule has 0 saturated heterocycles. The second-order valence-corrected chi connectivity index (χ2v) is 7.54. The number of hydrogen-bond donors (Lipinski definition) is 1. The molecule has 4 rings (SSSR count). The fraction of sp³-hybridized carbons (Fsp3) is 0.280. The standard InChI is InChI=1S/C25H24N2O4/c1-3-30-21-12-16(9-10-20(21)29-2)23-18(14-26)25(27)31-22-13-17(11-19(28)24(22)23)15-7-5-4-6-8-15/h4-10,12,17,23H,3,11,13,27H2,1-2H3. The van der Waals surface area contributed by atoms with Crippen LogP contribution in [0.1, 0.15) is 42.7 Å². The highest BCUT2D eigenvalue weighted by Crippen LogP contribution is 2.47. The molecule has 2 aromatic rings. The molecule has 0 fully saturated rings. The van der Waals surface area contributed by atoms with E-state index in [-0.39, 0.29) is 23.2 Å². The van der Waals surface area contributed by atoms with E-state index in [0.29, 0.717) is 42.3 Å². The van der Waals surface area contributed by atoms with Crippen LogP contribution in [-0.2, 0) is 9.53 Å². The smallest absolute Gasteiger partial charge is 0.205 e. The van der Waals surface area contributed by atoms with Crippen molar-refractivity contribution in [3.8, 4) is 17.6 Å². The highest BCUT2D eigenvalue weighted by atomic mass is 16.5. The van der Waals surface area contributed by atoms with Crippen LogP contribution < -0.4 is 15.2 Å². The van der Waals surface area contributed by atoms with Crippen LogP contribution in [0.3, 0.4) is 0 Å². The van der Waals surface area contributed by atoms with Crippen molar-refractivity contribution in [3.05, 3.63) is 82.4 Å². The molecule has 2 aromatic carbocycles. The van der Waals surface area contributed by atoms with Gasteiger partial charge in [-0.1, -0.05) is 36.4 Å². The molecular weight excluding hydrogens is 392 g/mol. The van der Waals surface area contributed by atoms with Gasteiger partial charge in [-0.3, -0.25) is 4.79 Å². The topological polar surface area (TPSA) is 94.6 Å². The van der Waals surface area contributed by atoms with Crippen molar-refractivity contribution in [1.29, 1.82) is 5.26 Å². The molecule has 0 amide bonds. The molecule has 0 aromatic heterocycles. The molecule has 2 unspecified atom stereocenters. The van der Waals surface area contributed by atoms with Crippen molar-refractivity contribution in [2.24, 2.45) is 5.73 Å². The van der Waals surface area contributed by atoms with Gasteiger partial charge in [-0.05, 0) is 36.1 Å². The maximum absolute atomic E-state index is 13.3. The zero-order chi connectivity index (χ0) is 22.0. The number of ketones is 1. The molecule has 2 aliphatic rings. The van der Waals surface area contributed by atoms with Gasteiger partial charge in [-0.25, -0.2) is 0 Å². The molecule has 0 bridgehead atoms. The summed E-state index contributed by atoms with van der Waals surface area (Å²) in [5, 5.41) is 9.82. The van der Waals surface area contributed by atoms with E-state index < -0.39 is 5.92 Å². The van der Waals surface area contributed by atoms with Crippen LogP contribution in [0.25, 0.3) is 0 Å². The number of nitrogens with two attached hydrogens (primary N) is 1. The maximum Gasteiger partial charge on any atom is 0.205 e. The van der Waals surface area contributed by atoms with E-state index in [4.69, 9.17) is 19.9 Å². The van der Waals surface area contributed by atoms with E-state index in [0.717, 1.165) is 11.1 Å². The first-order chi connectivity index (χ1) is 15.1. The van der Waals surface area contributed by atoms with Crippen LogP contribution in [0.15, 0.2) is 71.3 Å². The summed E-state index contributed by atoms with van der Waals surface area (Å²) in [6.07, 6.45) is 0.908. The number of rotatable bonds is 5. The lowest BCUT2D eigenvalue weighted by Gasteiger charge is -2.34. The lowest BCUT2D eigenvalue weighted by molar-refractivity contribution is -0.117. The van der Waals surface area contributed by atoms with E-state index in [1.807, 2.05) is 49.4 Å². The molecule has 1 aliphatic heterocycles. The molecule has 1 aliphatic carbocycles. The quantitative estimate of drug-likeness (QED) is 0.781. The number of nitrogens with zero attached hydrogens (tertiary/aromatic N) is 1. The summed E-state index contributed by atoms with van der Waals surface area (Å²) in [5.74, 6) is 1.11. The van der Waals surface area contributed by atoms with Crippen LogP contribution in [0.5, 0.6) is 11.5 Å². The lowest BCUT2D eigenvalue weighted by atomic mass is 9.73. The molecule has 2 atom stereocenters. The summed E-state index contributed by atoms with van der Waals surface area (Å²) < 4.78 is 16.9. The van der Waals surface area contributed by atoms with Crippen LogP contribution in [0.4, 0.5) is 0 Å². The number of benzene rings is 2. The molecule has 1 heterocycles. The first kappa shape index (κ1) is 20.5. The second kappa shape index (κ2) is 8.57. The summed E-state index contributed by atoms with van der Waals surface area (Å²) in [6, 6.07) is 17.5. The van der Waals surface area contributed by atoms with Gasteiger partial charge in [-0.2, -0.15) is 5.26 Å². The van der Waals surface area contributed by atoms with E-state index in [1.165, 1.54) is 0 Å². The minimum atomic E-state index is -0.594. The molecular formula is C25H24N2O4. The molecule has 6 nitrogen and oxygen atoms in total. The molecule has 31 heavy (non-hydrogen) atoms. The van der Waals surface area contributed by atoms with Gasteiger partial charge in [-0.15, -0.1) is 0 Å². The van der Waals surface area contributed by atoms with E-state index in [2.05, 4.69) is 6.07 Å². The van der Waals surface area contributed by atoms with Crippen molar-refractivity contribution in [1.82, 2.24) is 0 Å². The highest BCUT2D eigenvalue weighted by molar-refractivity contribution is 6.00. The Labute approximate surface area is 181 Å². The fourth-order valence-electron chi connectivity index (χ4n) is 4.34. The molecule has 0 radical (unpaired) electrons. The first-order valence-electron chi connectivity index (χ1n) is 10.3. The molecule has 0 spiro atoms. The Hall–Kier alpha value is -3.72. The van der Waals surface area contributed by atoms with Gasteiger partial charge in [0, 0.05) is 18.4 Å². The van der Waals surface area contributed by atoms with Gasteiger partial charge in [0.1, 0.15) is 17.4 Å². The SMILES string of the molecule is CCOc1cc(C2C(C#N)=C(N)OC3=C2C(=O)CC(c2ccccc2)C3)ccc1OC. The van der Waals surface area contributed by atoms with Crippen molar-refractivity contribution < 1.29 is 19.0 Å². The van der Waals surface area contributed by atoms with Gasteiger partial charge in [0.2, 0.25) is 5.88 Å². The summed E-state index contributed by atoms with van der Waals surface area (Å²) in [5.41, 5.74) is 8.70. The van der Waals surface area contributed by atoms with E-state index >= 15 is 0 Å². The fourth-order valence-corrected chi connectivity index (χ4v) is 4.34. The molecule has 2 N–H and O–H groups in total. The summed E-state index contributed by atoms with van der Waals surface area (Å²) >= 11 is 0. The summed E-state index contributed by atoms with van der Waals surface area (Å²) in [4.78, 5) is 13.3. The van der Waals surface area contributed by atoms with Crippen LogP contribution in [0, 0.1) is 11.3 Å². The zero-order valence-corrected chi connectivity index (χ0v) is 17.6. The van der Waals surface area contributed by atoms with Gasteiger partial charge >= 0.3 is 0 Å². The predicted molar refractivity (Wildman–Crippen MR) is 115 cm³/mol. The number of allylic oxidation sites excluding steroid dienone is 3. The Bertz CT molecular complexity index is 1110. The van der Waals surface area contributed by atoms with Gasteiger partial charge < -0.3 is 19.9 Å². The molecule has 0 saturated carbocycles. The number of methoxy groups -OCH3 is 1. The number of nitriles is 1. The minimum Gasteiger partial charge on any atom is -0.493 e. The maximum atomic E-state index is 13.3. The minimum absolute atomic E-state index is 0.0133. The Morgan fingerprint density at radius 2 is 1.90 bits per heavy atom. The third-order valence-electron chi connectivity index (χ3n) is 5.75. The van der Waals surface area contributed by atoms with Gasteiger partial charge in [0.05, 0.1) is 19.6 Å². The zero-order valence-electron chi connectivity index (χ0n) is 17.6. The normalized spacial score (nSPS) is 20.6. The Morgan fingerprint density at radius 1 is 1.13 bits per heavy atom. The largest absolute Gasteiger partial charge is 0.493 e. The first-order valence-corrected chi connectivity index (χ1v) is 10.3. The number of carbonyl (C=O) groups is 1. The van der Waals surface area contributed by atoms with Crippen LogP contribution >= 0.6 is 0 Å². The predicted octanol–water partition coefficient (Wildman–Crippen LogP) is 4.30. The molecule has 6 heteroatoms. The summed E-state index contributed by atoms with van der Waals surface area (Å²) in [6.45, 7) is 2.34. The monoisotopic (exact) mass is 416 g/mol. The van der Waals surface area contributed by atoms with E-state index in [9.17, 15) is 10.1 Å². The number of Topliss-reactive ketones (excluding diaryl/α,β-unsaturated/α-hetero) is 1. The number of hydrogen-bond acceptors (Lipinski definition) is 6. The Kier molecular flexibility index (Phi) is 5.68. The van der Waals surface area contributed by atoms with Crippen molar-refractivity contribution >= 4 is 5.78 Å². The van der Waals surface area contributed by atoms with Gasteiger partial charge in [0.25, 0.3) is 0 Å². The van der Waals surface area contributed by atoms with Crippen molar-refractivity contribution in [2.75, 3.05) is 13.7 Å². The van der Waals surface area contributed by atoms with Gasteiger partial charge in [0.15, 0.2) is 17.3 Å². The van der Waals surface area contributed by atoms with Crippen LogP contribution in [-0.4, -0.2) is 19.5 Å². The Balaban J connectivity index is 1.80. The second-order valence-electron chi connectivity index (χ2n) is 7.54. The lowest BCUT2D eigenvalue weighted by Crippen LogP contribution is -2.29. The third kappa shape index (κ3) is 3.75. The average Bonchev–Trinajstić information content (AvgIpc) is 2.78. The Morgan fingerprint density at radius 3 is 2.58 bits per heavy atom. The number of ether oxygens (including phenoxy) is 3.